The number of nitrogens with zero attached hydrogens (tertiary/aromatic N) is 1. The number of pyridine rings is 1. The Hall–Kier alpha value is -2.11. The molecule has 2 rings (SSSR count). The van der Waals surface area contributed by atoms with E-state index < -0.39 is 0 Å². The summed E-state index contributed by atoms with van der Waals surface area (Å²) in [7, 11) is 1.55. The smallest absolute Gasteiger partial charge is 0.219 e. The van der Waals surface area contributed by atoms with Crippen LogP contribution < -0.4 is 15.2 Å². The fourth-order valence-corrected chi connectivity index (χ4v) is 1.64. The van der Waals surface area contributed by atoms with Crippen LogP contribution in [0.4, 0.5) is 0 Å². The molecule has 5 heteroatoms. The van der Waals surface area contributed by atoms with Crippen LogP contribution in [0.25, 0.3) is 0 Å². The minimum Gasteiger partial charge on any atom is -0.493 e. The van der Waals surface area contributed by atoms with E-state index in [0.29, 0.717) is 23.9 Å². The van der Waals surface area contributed by atoms with Gasteiger partial charge in [0.2, 0.25) is 5.88 Å². The van der Waals surface area contributed by atoms with Gasteiger partial charge in [0.05, 0.1) is 13.7 Å². The second-order valence-corrected chi connectivity index (χ2v) is 3.95. The van der Waals surface area contributed by atoms with Crippen molar-refractivity contribution in [1.82, 2.24) is 4.98 Å². The maximum absolute atomic E-state index is 9.08. The van der Waals surface area contributed by atoms with E-state index in [0.717, 1.165) is 11.1 Å². The zero-order valence-corrected chi connectivity index (χ0v) is 10.7. The van der Waals surface area contributed by atoms with Gasteiger partial charge in [0, 0.05) is 18.8 Å². The lowest BCUT2D eigenvalue weighted by Gasteiger charge is -2.11. The van der Waals surface area contributed by atoms with E-state index in [4.69, 9.17) is 20.3 Å². The van der Waals surface area contributed by atoms with Crippen molar-refractivity contribution in [2.24, 2.45) is 5.73 Å². The molecule has 2 aromatic rings. The van der Waals surface area contributed by atoms with Gasteiger partial charge in [0.25, 0.3) is 0 Å². The number of hydrogen-bond acceptors (Lipinski definition) is 5. The van der Waals surface area contributed by atoms with E-state index in [1.165, 1.54) is 0 Å². The summed E-state index contributed by atoms with van der Waals surface area (Å²) in [5.41, 5.74) is 7.27. The van der Waals surface area contributed by atoms with Crippen LogP contribution in [-0.4, -0.2) is 17.2 Å². The van der Waals surface area contributed by atoms with Gasteiger partial charge in [-0.2, -0.15) is 0 Å². The number of hydrogen-bond donors (Lipinski definition) is 2. The zero-order chi connectivity index (χ0) is 13.7. The lowest BCUT2D eigenvalue weighted by molar-refractivity contribution is 0.280. The first-order valence-corrected chi connectivity index (χ1v) is 5.87. The third-order valence-corrected chi connectivity index (χ3v) is 2.66. The van der Waals surface area contributed by atoms with Gasteiger partial charge in [-0.3, -0.25) is 0 Å². The van der Waals surface area contributed by atoms with E-state index in [-0.39, 0.29) is 6.61 Å². The Bertz CT molecular complexity index is 558. The lowest BCUT2D eigenvalue weighted by atomic mass is 10.2. The molecule has 0 aliphatic heterocycles. The van der Waals surface area contributed by atoms with Crippen molar-refractivity contribution in [2.45, 2.75) is 13.2 Å². The average molecular weight is 260 g/mol. The fourth-order valence-electron chi connectivity index (χ4n) is 1.64. The van der Waals surface area contributed by atoms with Crippen LogP contribution in [-0.2, 0) is 13.2 Å². The molecule has 0 saturated heterocycles. The highest BCUT2D eigenvalue weighted by Gasteiger charge is 2.07. The van der Waals surface area contributed by atoms with E-state index in [1.54, 1.807) is 37.6 Å². The summed E-state index contributed by atoms with van der Waals surface area (Å²) in [6, 6.07) is 8.84. The van der Waals surface area contributed by atoms with Crippen molar-refractivity contribution in [2.75, 3.05) is 7.11 Å². The highest BCUT2D eigenvalue weighted by atomic mass is 16.5. The van der Waals surface area contributed by atoms with Crippen molar-refractivity contribution >= 4 is 0 Å². The highest BCUT2D eigenvalue weighted by Crippen LogP contribution is 2.31. The Morgan fingerprint density at radius 2 is 2.00 bits per heavy atom. The molecule has 5 nitrogen and oxygen atoms in total. The summed E-state index contributed by atoms with van der Waals surface area (Å²) >= 11 is 0. The van der Waals surface area contributed by atoms with Gasteiger partial charge in [0.15, 0.2) is 11.5 Å². The Labute approximate surface area is 111 Å². The minimum atomic E-state index is -0.0441. The summed E-state index contributed by atoms with van der Waals surface area (Å²) in [5.74, 6) is 1.55. The molecule has 100 valence electrons. The standard InChI is InChI=1S/C14H16N2O3/c1-18-13-6-11(9-17)2-3-12(13)19-14-7-10(8-15)4-5-16-14/h2-7,17H,8-9,15H2,1H3. The molecule has 0 spiro atoms. The largest absolute Gasteiger partial charge is 0.493 e. The molecule has 0 aliphatic carbocycles. The maximum Gasteiger partial charge on any atom is 0.219 e. The molecule has 1 aromatic carbocycles. The summed E-state index contributed by atoms with van der Waals surface area (Å²) in [5, 5.41) is 9.08. The Balaban J connectivity index is 2.26. The van der Waals surface area contributed by atoms with Gasteiger partial charge in [-0.1, -0.05) is 6.07 Å². The van der Waals surface area contributed by atoms with E-state index >= 15 is 0 Å². The number of nitrogens with two attached hydrogens (primary N) is 1. The Morgan fingerprint density at radius 1 is 1.16 bits per heavy atom. The summed E-state index contributed by atoms with van der Waals surface area (Å²) in [6.07, 6.45) is 1.64. The minimum absolute atomic E-state index is 0.0441. The molecule has 19 heavy (non-hydrogen) atoms. The van der Waals surface area contributed by atoms with Crippen molar-refractivity contribution in [3.8, 4) is 17.4 Å². The van der Waals surface area contributed by atoms with E-state index in [9.17, 15) is 0 Å². The van der Waals surface area contributed by atoms with E-state index in [2.05, 4.69) is 4.98 Å². The second kappa shape index (κ2) is 6.17. The number of aromatic nitrogens is 1. The Morgan fingerprint density at radius 3 is 2.68 bits per heavy atom. The molecule has 3 N–H and O–H groups in total. The number of benzene rings is 1. The highest BCUT2D eigenvalue weighted by molar-refractivity contribution is 5.44. The average Bonchev–Trinajstić information content (AvgIpc) is 2.48. The number of rotatable bonds is 5. The zero-order valence-electron chi connectivity index (χ0n) is 10.7. The van der Waals surface area contributed by atoms with Crippen molar-refractivity contribution in [1.29, 1.82) is 0 Å². The van der Waals surface area contributed by atoms with Gasteiger partial charge >= 0.3 is 0 Å². The van der Waals surface area contributed by atoms with Crippen LogP contribution in [0.1, 0.15) is 11.1 Å². The van der Waals surface area contributed by atoms with Crippen LogP contribution in [0.3, 0.4) is 0 Å². The molecule has 0 atom stereocenters. The molecule has 0 bridgehead atoms. The third kappa shape index (κ3) is 3.21. The monoisotopic (exact) mass is 260 g/mol. The number of ether oxygens (including phenoxy) is 2. The van der Waals surface area contributed by atoms with Gasteiger partial charge in [-0.05, 0) is 29.3 Å². The van der Waals surface area contributed by atoms with Gasteiger partial charge in [0.1, 0.15) is 0 Å². The second-order valence-electron chi connectivity index (χ2n) is 3.95. The first-order chi connectivity index (χ1) is 9.26. The maximum atomic E-state index is 9.08. The quantitative estimate of drug-likeness (QED) is 0.857. The van der Waals surface area contributed by atoms with E-state index in [1.807, 2.05) is 6.07 Å². The van der Waals surface area contributed by atoms with Gasteiger partial charge in [-0.25, -0.2) is 4.98 Å². The number of aliphatic hydroxyl groups excluding tert-OH is 1. The topological polar surface area (TPSA) is 77.6 Å². The molecule has 0 aliphatic rings. The summed E-state index contributed by atoms with van der Waals surface area (Å²) in [4.78, 5) is 4.12. The molecule has 0 radical (unpaired) electrons. The normalized spacial score (nSPS) is 10.3. The molecule has 0 saturated carbocycles. The SMILES string of the molecule is COc1cc(CO)ccc1Oc1cc(CN)ccn1. The van der Waals surface area contributed by atoms with Crippen LogP contribution in [0.15, 0.2) is 36.5 Å². The molecule has 1 aromatic heterocycles. The molecule has 1 heterocycles. The van der Waals surface area contributed by atoms with Crippen molar-refractivity contribution in [3.05, 3.63) is 47.7 Å². The lowest BCUT2D eigenvalue weighted by Crippen LogP contribution is -1.98. The summed E-state index contributed by atoms with van der Waals surface area (Å²) in [6.45, 7) is 0.386. The first kappa shape index (κ1) is 13.3. The van der Waals surface area contributed by atoms with Crippen LogP contribution in [0.2, 0.25) is 0 Å². The van der Waals surface area contributed by atoms with Crippen LogP contribution in [0.5, 0.6) is 17.4 Å². The molecular weight excluding hydrogens is 244 g/mol. The van der Waals surface area contributed by atoms with Crippen molar-refractivity contribution < 1.29 is 14.6 Å². The summed E-state index contributed by atoms with van der Waals surface area (Å²) < 4.78 is 10.9. The number of aliphatic hydroxyl groups is 1. The van der Waals surface area contributed by atoms with Crippen LogP contribution >= 0.6 is 0 Å². The number of methoxy groups -OCH3 is 1. The predicted molar refractivity (Wildman–Crippen MR) is 71.1 cm³/mol. The van der Waals surface area contributed by atoms with Gasteiger partial charge in [-0.15, -0.1) is 0 Å². The Kier molecular flexibility index (Phi) is 4.33. The molecular formula is C14H16N2O3. The molecule has 0 fully saturated rings. The predicted octanol–water partition coefficient (Wildman–Crippen LogP) is 1.83. The molecule has 0 unspecified atom stereocenters. The van der Waals surface area contributed by atoms with Gasteiger partial charge < -0.3 is 20.3 Å². The fraction of sp³-hybridized carbons (Fsp3) is 0.214. The first-order valence-electron chi connectivity index (χ1n) is 5.87. The molecule has 0 amide bonds. The van der Waals surface area contributed by atoms with Crippen molar-refractivity contribution in [3.63, 3.8) is 0 Å². The van der Waals surface area contributed by atoms with Crippen LogP contribution in [0, 0.1) is 0 Å². The third-order valence-electron chi connectivity index (χ3n) is 2.66.